The van der Waals surface area contributed by atoms with Crippen LogP contribution < -0.4 is 14.7 Å². The molecule has 0 aromatic carbocycles. The van der Waals surface area contributed by atoms with Gasteiger partial charge in [-0.1, -0.05) is 40.5 Å². The predicted molar refractivity (Wildman–Crippen MR) is 115 cm³/mol. The highest BCUT2D eigenvalue weighted by atomic mass is 31.3. The van der Waals surface area contributed by atoms with E-state index in [2.05, 4.69) is 54.8 Å². The van der Waals surface area contributed by atoms with Crippen molar-refractivity contribution in [2.75, 3.05) is 6.61 Å². The Balaban J connectivity index is 4.40. The Labute approximate surface area is 181 Å². The summed E-state index contributed by atoms with van der Waals surface area (Å²) < 4.78 is 29.6. The molecule has 0 saturated heterocycles. The second kappa shape index (κ2) is 14.3. The fourth-order valence-electron chi connectivity index (χ4n) is 2.53. The van der Waals surface area contributed by atoms with Crippen LogP contribution in [0, 0.1) is 0 Å². The largest absolute Gasteiger partial charge is 0.790 e. The van der Waals surface area contributed by atoms with E-state index in [1.807, 2.05) is 6.92 Å². The van der Waals surface area contributed by atoms with Gasteiger partial charge >= 0.3 is 0 Å². The van der Waals surface area contributed by atoms with Crippen molar-refractivity contribution < 1.29 is 32.6 Å². The fraction of sp³-hybridized carbons (Fsp3) is 0.619. The molecule has 7 nitrogen and oxygen atoms in total. The average Bonchev–Trinajstić information content (AvgIpc) is 2.57. The maximum absolute atomic E-state index is 11.3. The number of rotatable bonds is 14. The zero-order valence-corrected chi connectivity index (χ0v) is 20.7. The molecule has 0 aromatic rings. The number of phosphoric ester groups is 1. The third-order valence-electron chi connectivity index (χ3n) is 4.50. The second-order valence-electron chi connectivity index (χ2n) is 7.81. The molecule has 0 spiro atoms. The van der Waals surface area contributed by atoms with Crippen molar-refractivity contribution in [3.63, 3.8) is 0 Å². The Morgan fingerprint density at radius 2 is 1.20 bits per heavy atom. The Morgan fingerprint density at radius 3 is 1.67 bits per heavy atom. The molecule has 0 heterocycles. The van der Waals surface area contributed by atoms with Crippen molar-refractivity contribution in [3.05, 3.63) is 46.1 Å². The zero-order chi connectivity index (χ0) is 23.4. The van der Waals surface area contributed by atoms with Crippen LogP contribution in [0.4, 0.5) is 0 Å². The number of hydrogen-bond acceptors (Lipinski definition) is 7. The highest BCUT2D eigenvalue weighted by Crippen LogP contribution is 2.50. The first-order valence-electron chi connectivity index (χ1n) is 10.0. The average molecular weight is 461 g/mol. The molecule has 0 aromatic heterocycles. The molecule has 9 heteroatoms. The van der Waals surface area contributed by atoms with E-state index in [0.29, 0.717) is 5.57 Å². The summed E-state index contributed by atoms with van der Waals surface area (Å²) in [5, 5.41) is 0. The number of hydrogen-bond donors (Lipinski definition) is 0. The van der Waals surface area contributed by atoms with E-state index < -0.39 is 15.6 Å². The highest BCUT2D eigenvalue weighted by molar-refractivity contribution is 7.58. The van der Waals surface area contributed by atoms with Crippen molar-refractivity contribution in [2.45, 2.75) is 80.1 Å². The van der Waals surface area contributed by atoms with Gasteiger partial charge in [-0.15, -0.1) is 0 Å². The lowest BCUT2D eigenvalue weighted by atomic mass is 10.0. The van der Waals surface area contributed by atoms with Gasteiger partial charge in [0, 0.05) is 0 Å². The van der Waals surface area contributed by atoms with E-state index in [4.69, 9.17) is 0 Å². The maximum atomic E-state index is 11.3. The van der Waals surface area contributed by atoms with Crippen molar-refractivity contribution >= 4 is 15.6 Å². The molecule has 0 fully saturated rings. The molecule has 30 heavy (non-hydrogen) atoms. The van der Waals surface area contributed by atoms with Crippen LogP contribution in [0.2, 0.25) is 0 Å². The van der Waals surface area contributed by atoms with Gasteiger partial charge in [-0.3, -0.25) is 8.88 Å². The molecular formula is C21H35O7P2-3. The van der Waals surface area contributed by atoms with Crippen LogP contribution in [-0.2, 0) is 18.0 Å². The smallest absolute Gasteiger partial charge is 0.272 e. The van der Waals surface area contributed by atoms with Crippen molar-refractivity contribution in [3.8, 4) is 0 Å². The molecule has 0 aliphatic rings. The zero-order valence-electron chi connectivity index (χ0n) is 18.9. The summed E-state index contributed by atoms with van der Waals surface area (Å²) in [6.07, 6.45) is 12.4. The lowest BCUT2D eigenvalue weighted by Crippen LogP contribution is -2.19. The molecule has 174 valence electrons. The Bertz CT molecular complexity index is 753. The molecule has 0 aliphatic carbocycles. The van der Waals surface area contributed by atoms with E-state index in [0.717, 1.165) is 44.1 Å². The monoisotopic (exact) mass is 461 g/mol. The summed E-state index contributed by atoms with van der Waals surface area (Å²) in [5.41, 5.74) is 5.62. The van der Waals surface area contributed by atoms with Gasteiger partial charge in [0.1, 0.15) is 0 Å². The first-order valence-corrected chi connectivity index (χ1v) is 12.9. The summed E-state index contributed by atoms with van der Waals surface area (Å²) in [7, 11) is -10.8. The quantitative estimate of drug-likeness (QED) is 0.268. The fourth-order valence-corrected chi connectivity index (χ4v) is 4.05. The molecule has 0 amide bonds. The second-order valence-corrected chi connectivity index (χ2v) is 10.5. The lowest BCUT2D eigenvalue weighted by Gasteiger charge is -2.35. The molecule has 0 N–H and O–H groups in total. The van der Waals surface area contributed by atoms with E-state index in [1.54, 1.807) is 6.92 Å². The van der Waals surface area contributed by atoms with Crippen molar-refractivity contribution in [1.82, 2.24) is 0 Å². The molecular weight excluding hydrogens is 426 g/mol. The first-order chi connectivity index (χ1) is 13.7. The van der Waals surface area contributed by atoms with E-state index in [-0.39, 0.29) is 6.61 Å². The van der Waals surface area contributed by atoms with Crippen LogP contribution in [0.15, 0.2) is 46.1 Å². The van der Waals surface area contributed by atoms with Gasteiger partial charge in [0.05, 0.1) is 14.4 Å². The summed E-state index contributed by atoms with van der Waals surface area (Å²) >= 11 is 0. The Kier molecular flexibility index (Phi) is 13.9. The highest BCUT2D eigenvalue weighted by Gasteiger charge is 2.12. The normalized spacial score (nSPS) is 16.2. The van der Waals surface area contributed by atoms with Crippen molar-refractivity contribution in [1.29, 1.82) is 0 Å². The van der Waals surface area contributed by atoms with Gasteiger partial charge in [0.2, 0.25) is 0 Å². The molecule has 0 aliphatic heterocycles. The first kappa shape index (κ1) is 29.2. The van der Waals surface area contributed by atoms with Crippen LogP contribution in [0.5, 0.6) is 0 Å². The van der Waals surface area contributed by atoms with Gasteiger partial charge in [0.25, 0.3) is 7.82 Å². The van der Waals surface area contributed by atoms with Crippen molar-refractivity contribution in [2.24, 2.45) is 0 Å². The standard InChI is InChI=1S/C21H38O7P2/c1-17(2)10-7-11-18(3)12-8-13-19(4)14-9-15-20(5)21(6)16-27-30(25,26)28-29(22,23)24/h10,12,14H,7-9,11,13,15-16H2,1-6H3,(H,25,26)(H2,22,23,24)/p-3/b18-12+,19-14+,21-20+. The van der Waals surface area contributed by atoms with Gasteiger partial charge in [0.15, 0.2) is 0 Å². The van der Waals surface area contributed by atoms with E-state index in [1.165, 1.54) is 16.7 Å². The summed E-state index contributed by atoms with van der Waals surface area (Å²) in [6.45, 7) is 11.7. The molecule has 0 radical (unpaired) electrons. The molecule has 1 atom stereocenters. The van der Waals surface area contributed by atoms with Gasteiger partial charge in [-0.2, -0.15) is 0 Å². The van der Waals surface area contributed by atoms with Crippen LogP contribution in [-0.4, -0.2) is 6.61 Å². The number of allylic oxidation sites excluding steroid dienone is 7. The molecule has 0 rings (SSSR count). The van der Waals surface area contributed by atoms with Gasteiger partial charge in [-0.05, 0) is 85.6 Å². The van der Waals surface area contributed by atoms with Crippen LogP contribution >= 0.6 is 15.6 Å². The van der Waals surface area contributed by atoms with Crippen LogP contribution in [0.25, 0.3) is 0 Å². The van der Waals surface area contributed by atoms with Crippen LogP contribution in [0.1, 0.15) is 80.1 Å². The SMILES string of the molecule is CC(C)=CCC/C(C)=C/CC/C(C)=C/CC/C(C)=C(\C)COP(=O)([O-])OP(=O)([O-])[O-]. The maximum Gasteiger partial charge on any atom is 0.272 e. The van der Waals surface area contributed by atoms with E-state index in [9.17, 15) is 23.8 Å². The minimum Gasteiger partial charge on any atom is -0.790 e. The third kappa shape index (κ3) is 17.0. The minimum absolute atomic E-state index is 0.355. The topological polar surface area (TPSA) is 122 Å². The summed E-state index contributed by atoms with van der Waals surface area (Å²) in [5.74, 6) is 0. The third-order valence-corrected chi connectivity index (χ3v) is 6.55. The molecule has 0 bridgehead atoms. The predicted octanol–water partition coefficient (Wildman–Crippen LogP) is 4.85. The molecule has 1 unspecified atom stereocenters. The summed E-state index contributed by atoms with van der Waals surface area (Å²) in [6, 6.07) is 0. The lowest BCUT2D eigenvalue weighted by molar-refractivity contribution is -0.339. The number of phosphoric acid groups is 2. The van der Waals surface area contributed by atoms with Gasteiger partial charge < -0.3 is 23.8 Å². The Hall–Kier alpha value is -0.780. The van der Waals surface area contributed by atoms with Gasteiger partial charge in [-0.25, -0.2) is 0 Å². The Morgan fingerprint density at radius 1 is 0.733 bits per heavy atom. The van der Waals surface area contributed by atoms with Crippen LogP contribution in [0.3, 0.4) is 0 Å². The molecule has 0 saturated carbocycles. The minimum atomic E-state index is -5.66. The summed E-state index contributed by atoms with van der Waals surface area (Å²) in [4.78, 5) is 32.1. The van der Waals surface area contributed by atoms with E-state index >= 15 is 0 Å².